The van der Waals surface area contributed by atoms with Gasteiger partial charge >= 0.3 is 0 Å². The highest BCUT2D eigenvalue weighted by molar-refractivity contribution is 5.96. The molecule has 0 spiro atoms. The van der Waals surface area contributed by atoms with Crippen molar-refractivity contribution in [2.75, 3.05) is 6.61 Å². The quantitative estimate of drug-likeness (QED) is 0.381. The summed E-state index contributed by atoms with van der Waals surface area (Å²) in [5, 5.41) is 5.68. The first-order valence-corrected chi connectivity index (χ1v) is 11.7. The SMILES string of the molecule is Cc1ccc2c(-c3ccc(F)cc3F)cn([C@H]3CCO[C@H](c4cnn(C5CC5)c4)C3)c(=O)c2c1. The van der Waals surface area contributed by atoms with Crippen LogP contribution in [-0.2, 0) is 4.74 Å². The highest BCUT2D eigenvalue weighted by atomic mass is 19.1. The van der Waals surface area contributed by atoms with Gasteiger partial charge in [0.1, 0.15) is 11.6 Å². The molecule has 1 aliphatic heterocycles. The Morgan fingerprint density at radius 2 is 1.82 bits per heavy atom. The van der Waals surface area contributed by atoms with E-state index >= 15 is 0 Å². The minimum absolute atomic E-state index is 0.107. The van der Waals surface area contributed by atoms with Gasteiger partial charge in [0.15, 0.2) is 0 Å². The summed E-state index contributed by atoms with van der Waals surface area (Å²) in [7, 11) is 0. The molecule has 6 rings (SSSR count). The minimum Gasteiger partial charge on any atom is -0.373 e. The Balaban J connectivity index is 1.44. The number of ether oxygens (including phenoxy) is 1. The van der Waals surface area contributed by atoms with Crippen molar-refractivity contribution in [3.8, 4) is 11.1 Å². The molecule has 3 heterocycles. The van der Waals surface area contributed by atoms with Gasteiger partial charge in [0, 0.05) is 53.2 Å². The Bertz CT molecular complexity index is 1450. The summed E-state index contributed by atoms with van der Waals surface area (Å²) in [5.74, 6) is -1.28. The summed E-state index contributed by atoms with van der Waals surface area (Å²) >= 11 is 0. The number of pyridine rings is 1. The molecule has 0 radical (unpaired) electrons. The van der Waals surface area contributed by atoms with E-state index in [-0.39, 0.29) is 23.3 Å². The molecule has 5 nitrogen and oxygen atoms in total. The van der Waals surface area contributed by atoms with Gasteiger partial charge in [-0.1, -0.05) is 17.7 Å². The number of aromatic nitrogens is 3. The van der Waals surface area contributed by atoms with E-state index < -0.39 is 11.6 Å². The van der Waals surface area contributed by atoms with Crippen LogP contribution in [0.3, 0.4) is 0 Å². The molecule has 1 aliphatic carbocycles. The van der Waals surface area contributed by atoms with Crippen LogP contribution in [0.4, 0.5) is 8.78 Å². The van der Waals surface area contributed by atoms with Crippen LogP contribution < -0.4 is 5.56 Å². The molecule has 0 bridgehead atoms. The number of aryl methyl sites for hydroxylation is 1. The highest BCUT2D eigenvalue weighted by Crippen LogP contribution is 2.38. The zero-order valence-electron chi connectivity index (χ0n) is 18.9. The molecule has 174 valence electrons. The molecule has 34 heavy (non-hydrogen) atoms. The minimum atomic E-state index is -0.649. The molecule has 0 amide bonds. The van der Waals surface area contributed by atoms with E-state index in [1.54, 1.807) is 10.8 Å². The second-order valence-corrected chi connectivity index (χ2v) is 9.45. The van der Waals surface area contributed by atoms with Crippen molar-refractivity contribution in [2.45, 2.75) is 50.8 Å². The topological polar surface area (TPSA) is 49.0 Å². The summed E-state index contributed by atoms with van der Waals surface area (Å²) in [4.78, 5) is 13.6. The van der Waals surface area contributed by atoms with Crippen LogP contribution in [0.25, 0.3) is 21.9 Å². The van der Waals surface area contributed by atoms with E-state index in [4.69, 9.17) is 4.74 Å². The van der Waals surface area contributed by atoms with E-state index in [1.165, 1.54) is 12.1 Å². The van der Waals surface area contributed by atoms with Crippen molar-refractivity contribution in [3.63, 3.8) is 0 Å². The first kappa shape index (κ1) is 21.2. The maximum Gasteiger partial charge on any atom is 0.258 e. The van der Waals surface area contributed by atoms with Gasteiger partial charge in [-0.15, -0.1) is 0 Å². The first-order chi connectivity index (χ1) is 16.5. The molecule has 1 saturated carbocycles. The molecule has 2 atom stereocenters. The predicted octanol–water partition coefficient (Wildman–Crippen LogP) is 5.88. The smallest absolute Gasteiger partial charge is 0.258 e. The number of hydrogen-bond donors (Lipinski definition) is 0. The van der Waals surface area contributed by atoms with E-state index in [2.05, 4.69) is 11.3 Å². The summed E-state index contributed by atoms with van der Waals surface area (Å²) in [6.45, 7) is 2.44. The predicted molar refractivity (Wildman–Crippen MR) is 126 cm³/mol. The summed E-state index contributed by atoms with van der Waals surface area (Å²) in [6, 6.07) is 9.54. The number of fused-ring (bicyclic) bond motifs is 1. The van der Waals surface area contributed by atoms with Gasteiger partial charge in [0.25, 0.3) is 5.56 Å². The molecule has 0 unspecified atom stereocenters. The van der Waals surface area contributed by atoms with Gasteiger partial charge < -0.3 is 9.30 Å². The van der Waals surface area contributed by atoms with Crippen LogP contribution in [0.15, 0.2) is 59.8 Å². The molecular formula is C27H25F2N3O2. The van der Waals surface area contributed by atoms with Gasteiger partial charge in [0.2, 0.25) is 0 Å². The molecule has 1 saturated heterocycles. The van der Waals surface area contributed by atoms with Gasteiger partial charge in [0.05, 0.1) is 18.3 Å². The molecule has 7 heteroatoms. The fourth-order valence-corrected chi connectivity index (χ4v) is 4.99. The fraction of sp³-hybridized carbons (Fsp3) is 0.333. The van der Waals surface area contributed by atoms with Gasteiger partial charge in [-0.3, -0.25) is 9.48 Å². The van der Waals surface area contributed by atoms with Gasteiger partial charge in [-0.25, -0.2) is 8.78 Å². The van der Waals surface area contributed by atoms with Crippen LogP contribution in [-0.4, -0.2) is 21.0 Å². The first-order valence-electron chi connectivity index (χ1n) is 11.7. The van der Waals surface area contributed by atoms with Gasteiger partial charge in [-0.2, -0.15) is 5.10 Å². The van der Waals surface area contributed by atoms with Crippen molar-refractivity contribution >= 4 is 10.8 Å². The Kier molecular flexibility index (Phi) is 5.10. The van der Waals surface area contributed by atoms with Crippen LogP contribution in [0.5, 0.6) is 0 Å². The van der Waals surface area contributed by atoms with E-state index in [1.807, 2.05) is 36.0 Å². The second kappa shape index (κ2) is 8.17. The monoisotopic (exact) mass is 461 g/mol. The Labute approximate surface area is 195 Å². The Morgan fingerprint density at radius 1 is 0.971 bits per heavy atom. The van der Waals surface area contributed by atoms with Crippen molar-refractivity contribution < 1.29 is 13.5 Å². The average Bonchev–Trinajstić information content (AvgIpc) is 3.56. The van der Waals surface area contributed by atoms with E-state index in [0.29, 0.717) is 41.8 Å². The molecule has 2 fully saturated rings. The van der Waals surface area contributed by atoms with Crippen LogP contribution >= 0.6 is 0 Å². The fourth-order valence-electron chi connectivity index (χ4n) is 4.99. The molecule has 2 aliphatic rings. The third-order valence-corrected chi connectivity index (χ3v) is 6.98. The lowest BCUT2D eigenvalue weighted by molar-refractivity contribution is -0.00759. The van der Waals surface area contributed by atoms with Crippen molar-refractivity contribution in [1.29, 1.82) is 0 Å². The Morgan fingerprint density at radius 3 is 2.62 bits per heavy atom. The summed E-state index contributed by atoms with van der Waals surface area (Å²) < 4.78 is 38.2. The van der Waals surface area contributed by atoms with Crippen LogP contribution in [0.1, 0.15) is 55.0 Å². The molecular weight excluding hydrogens is 436 g/mol. The largest absolute Gasteiger partial charge is 0.373 e. The molecule has 4 aromatic rings. The molecule has 0 N–H and O–H groups in total. The highest BCUT2D eigenvalue weighted by Gasteiger charge is 2.30. The lowest BCUT2D eigenvalue weighted by Gasteiger charge is -2.31. The third kappa shape index (κ3) is 3.74. The van der Waals surface area contributed by atoms with Crippen molar-refractivity contribution in [3.05, 3.63) is 88.1 Å². The third-order valence-electron chi connectivity index (χ3n) is 6.98. The number of rotatable bonds is 4. The summed E-state index contributed by atoms with van der Waals surface area (Å²) in [6.07, 6.45) is 9.10. The molecule has 2 aromatic carbocycles. The normalized spacial score (nSPS) is 20.7. The second-order valence-electron chi connectivity index (χ2n) is 9.45. The standard InChI is InChI=1S/C27H25F2N3O2/c1-16-2-6-21-23(10-16)27(33)31(15-24(21)22-7-3-18(28)11-25(22)29)20-8-9-34-26(12-20)17-13-30-32(14-17)19-4-5-19/h2-3,6-7,10-11,13-15,19-20,26H,4-5,8-9,12H2,1H3/t20-,26-/m0/s1. The van der Waals surface area contributed by atoms with Crippen molar-refractivity contribution in [2.24, 2.45) is 0 Å². The Hall–Kier alpha value is -3.32. The average molecular weight is 462 g/mol. The van der Waals surface area contributed by atoms with E-state index in [9.17, 15) is 13.6 Å². The lowest BCUT2D eigenvalue weighted by atomic mass is 9.96. The number of halogens is 2. The molecule has 2 aromatic heterocycles. The maximum absolute atomic E-state index is 14.8. The number of benzene rings is 2. The zero-order chi connectivity index (χ0) is 23.4. The van der Waals surface area contributed by atoms with Crippen LogP contribution in [0.2, 0.25) is 0 Å². The van der Waals surface area contributed by atoms with E-state index in [0.717, 1.165) is 30.0 Å². The van der Waals surface area contributed by atoms with Crippen LogP contribution in [0, 0.1) is 18.6 Å². The number of nitrogens with zero attached hydrogens (tertiary/aromatic N) is 3. The zero-order valence-corrected chi connectivity index (χ0v) is 18.9. The van der Waals surface area contributed by atoms with Crippen molar-refractivity contribution in [1.82, 2.24) is 14.3 Å². The maximum atomic E-state index is 14.8. The summed E-state index contributed by atoms with van der Waals surface area (Å²) in [5.41, 5.74) is 2.72. The number of hydrogen-bond acceptors (Lipinski definition) is 3. The lowest BCUT2D eigenvalue weighted by Crippen LogP contribution is -2.30. The van der Waals surface area contributed by atoms with Gasteiger partial charge in [-0.05, 0) is 56.2 Å².